The van der Waals surface area contributed by atoms with Gasteiger partial charge in [0.2, 0.25) is 0 Å². The molecule has 0 fully saturated rings. The van der Waals surface area contributed by atoms with Gasteiger partial charge in [0.1, 0.15) is 4.90 Å². The van der Waals surface area contributed by atoms with Crippen LogP contribution in [0.5, 0.6) is 0 Å². The summed E-state index contributed by atoms with van der Waals surface area (Å²) in [4.78, 5) is -0.314. The molecular formula is C12H9ClF2N2O2S. The maximum atomic E-state index is 13.1. The minimum atomic E-state index is -4.10. The van der Waals surface area contributed by atoms with Crippen LogP contribution >= 0.6 is 11.6 Å². The fourth-order valence-electron chi connectivity index (χ4n) is 1.57. The highest BCUT2D eigenvalue weighted by Crippen LogP contribution is 2.29. The number of benzene rings is 2. The Hall–Kier alpha value is -1.86. The van der Waals surface area contributed by atoms with Gasteiger partial charge in [-0.1, -0.05) is 17.7 Å². The zero-order chi connectivity index (χ0) is 14.9. The quantitative estimate of drug-likeness (QED) is 0.854. The average Bonchev–Trinajstić information content (AvgIpc) is 2.33. The van der Waals surface area contributed by atoms with Gasteiger partial charge in [-0.3, -0.25) is 4.72 Å². The van der Waals surface area contributed by atoms with Gasteiger partial charge in [-0.15, -0.1) is 0 Å². The van der Waals surface area contributed by atoms with E-state index in [1.165, 1.54) is 18.2 Å². The molecule has 0 aliphatic carbocycles. The maximum Gasteiger partial charge on any atom is 0.265 e. The molecule has 0 amide bonds. The van der Waals surface area contributed by atoms with Crippen LogP contribution in [0.25, 0.3) is 0 Å². The summed E-state index contributed by atoms with van der Waals surface area (Å²) in [5, 5.41) is -0.0694. The molecule has 20 heavy (non-hydrogen) atoms. The highest BCUT2D eigenvalue weighted by molar-refractivity contribution is 7.93. The molecule has 0 saturated heterocycles. The first kappa shape index (κ1) is 14.5. The van der Waals surface area contributed by atoms with Crippen molar-refractivity contribution in [3.05, 3.63) is 53.1 Å². The van der Waals surface area contributed by atoms with Gasteiger partial charge in [-0.25, -0.2) is 17.2 Å². The Morgan fingerprint density at radius 1 is 1.10 bits per heavy atom. The molecule has 3 N–H and O–H groups in total. The Morgan fingerprint density at radius 3 is 2.40 bits per heavy atom. The summed E-state index contributed by atoms with van der Waals surface area (Å²) >= 11 is 5.80. The summed E-state index contributed by atoms with van der Waals surface area (Å²) in [6.07, 6.45) is 0. The lowest BCUT2D eigenvalue weighted by Gasteiger charge is -2.11. The van der Waals surface area contributed by atoms with Crippen LogP contribution in [0.1, 0.15) is 0 Å². The molecule has 0 aromatic heterocycles. The van der Waals surface area contributed by atoms with Crippen molar-refractivity contribution in [2.75, 3.05) is 10.5 Å². The highest BCUT2D eigenvalue weighted by atomic mass is 35.5. The highest BCUT2D eigenvalue weighted by Gasteiger charge is 2.21. The van der Waals surface area contributed by atoms with Crippen molar-refractivity contribution in [2.45, 2.75) is 4.90 Å². The minimum Gasteiger partial charge on any atom is -0.398 e. The summed E-state index contributed by atoms with van der Waals surface area (Å²) in [5.41, 5.74) is 5.39. The zero-order valence-electron chi connectivity index (χ0n) is 9.90. The van der Waals surface area contributed by atoms with Gasteiger partial charge in [0.05, 0.1) is 16.4 Å². The molecule has 0 bridgehead atoms. The molecule has 106 valence electrons. The van der Waals surface area contributed by atoms with Gasteiger partial charge in [-0.05, 0) is 24.3 Å². The fraction of sp³-hybridized carbons (Fsp3) is 0. The second kappa shape index (κ2) is 5.26. The lowest BCUT2D eigenvalue weighted by molar-refractivity contribution is 0.509. The van der Waals surface area contributed by atoms with Crippen LogP contribution in [0.15, 0.2) is 41.3 Å². The number of rotatable bonds is 3. The largest absolute Gasteiger partial charge is 0.398 e. The van der Waals surface area contributed by atoms with Crippen molar-refractivity contribution in [3.63, 3.8) is 0 Å². The summed E-state index contributed by atoms with van der Waals surface area (Å²) in [7, 11) is -4.10. The average molecular weight is 319 g/mol. The van der Waals surface area contributed by atoms with Gasteiger partial charge in [0.25, 0.3) is 10.0 Å². The first-order chi connectivity index (χ1) is 9.31. The summed E-state index contributed by atoms with van der Waals surface area (Å²) in [6, 6.07) is 6.84. The van der Waals surface area contributed by atoms with E-state index < -0.39 is 21.7 Å². The predicted octanol–water partition coefficient (Wildman–Crippen LogP) is 3.00. The molecule has 0 aliphatic rings. The van der Waals surface area contributed by atoms with Crippen molar-refractivity contribution in [2.24, 2.45) is 0 Å². The van der Waals surface area contributed by atoms with Crippen molar-refractivity contribution in [3.8, 4) is 0 Å². The predicted molar refractivity (Wildman–Crippen MR) is 73.0 cm³/mol. The van der Waals surface area contributed by atoms with Crippen molar-refractivity contribution >= 4 is 33.0 Å². The van der Waals surface area contributed by atoms with Gasteiger partial charge in [0, 0.05) is 6.07 Å². The molecule has 0 atom stereocenters. The summed E-state index contributed by atoms with van der Waals surface area (Å²) in [6.45, 7) is 0. The normalized spacial score (nSPS) is 11.3. The molecule has 0 unspecified atom stereocenters. The van der Waals surface area contributed by atoms with Crippen LogP contribution in [0.4, 0.5) is 20.2 Å². The topological polar surface area (TPSA) is 72.2 Å². The van der Waals surface area contributed by atoms with E-state index in [4.69, 9.17) is 17.3 Å². The Labute approximate surface area is 119 Å². The summed E-state index contributed by atoms with van der Waals surface area (Å²) < 4.78 is 52.2. The molecule has 0 heterocycles. The molecule has 2 aromatic carbocycles. The Morgan fingerprint density at radius 2 is 1.80 bits per heavy atom. The van der Waals surface area contributed by atoms with Crippen molar-refractivity contribution in [1.82, 2.24) is 0 Å². The van der Waals surface area contributed by atoms with Gasteiger partial charge in [0.15, 0.2) is 11.6 Å². The molecule has 4 nitrogen and oxygen atoms in total. The fourth-order valence-corrected chi connectivity index (χ4v) is 3.30. The van der Waals surface area contributed by atoms with E-state index >= 15 is 0 Å². The van der Waals surface area contributed by atoms with E-state index in [0.29, 0.717) is 0 Å². The zero-order valence-corrected chi connectivity index (χ0v) is 11.5. The number of anilines is 2. The van der Waals surface area contributed by atoms with Crippen LogP contribution < -0.4 is 10.5 Å². The first-order valence-corrected chi connectivity index (χ1v) is 7.19. The van der Waals surface area contributed by atoms with Crippen LogP contribution in [-0.4, -0.2) is 8.42 Å². The molecule has 2 aromatic rings. The second-order valence-corrected chi connectivity index (χ2v) is 5.92. The standard InChI is InChI=1S/C12H9ClF2N2O2S/c13-8-2-1-3-11(16)12(8)20(18,19)17-7-4-5-9(14)10(15)6-7/h1-6,17H,16H2. The number of hydrogen-bond acceptors (Lipinski definition) is 3. The number of hydrogen-bond donors (Lipinski definition) is 2. The van der Waals surface area contributed by atoms with E-state index in [2.05, 4.69) is 4.72 Å². The number of halogens is 3. The van der Waals surface area contributed by atoms with Crippen LogP contribution in [0, 0.1) is 11.6 Å². The molecular weight excluding hydrogens is 310 g/mol. The van der Waals surface area contributed by atoms with E-state index in [1.54, 1.807) is 0 Å². The van der Waals surface area contributed by atoms with E-state index in [1.807, 2.05) is 0 Å². The van der Waals surface area contributed by atoms with E-state index in [-0.39, 0.29) is 21.3 Å². The number of nitrogen functional groups attached to an aromatic ring is 1. The molecule has 0 radical (unpaired) electrons. The van der Waals surface area contributed by atoms with E-state index in [0.717, 1.165) is 18.2 Å². The van der Waals surface area contributed by atoms with E-state index in [9.17, 15) is 17.2 Å². The number of sulfonamides is 1. The minimum absolute atomic E-state index is 0.0485. The van der Waals surface area contributed by atoms with Gasteiger partial charge >= 0.3 is 0 Å². The number of nitrogens with one attached hydrogen (secondary N) is 1. The third-order valence-corrected chi connectivity index (χ3v) is 4.36. The first-order valence-electron chi connectivity index (χ1n) is 5.33. The lowest BCUT2D eigenvalue weighted by Crippen LogP contribution is -2.15. The molecule has 8 heteroatoms. The third-order valence-electron chi connectivity index (χ3n) is 2.44. The van der Waals surface area contributed by atoms with Gasteiger partial charge in [-0.2, -0.15) is 0 Å². The summed E-state index contributed by atoms with van der Waals surface area (Å²) in [5.74, 6) is -2.25. The monoisotopic (exact) mass is 318 g/mol. The van der Waals surface area contributed by atoms with Crippen LogP contribution in [-0.2, 0) is 10.0 Å². The molecule has 0 saturated carbocycles. The lowest BCUT2D eigenvalue weighted by atomic mass is 10.3. The number of nitrogens with two attached hydrogens (primary N) is 1. The second-order valence-electron chi connectivity index (χ2n) is 3.89. The van der Waals surface area contributed by atoms with Crippen molar-refractivity contribution in [1.29, 1.82) is 0 Å². The van der Waals surface area contributed by atoms with Crippen LogP contribution in [0.3, 0.4) is 0 Å². The third kappa shape index (κ3) is 2.83. The molecule has 0 aliphatic heterocycles. The van der Waals surface area contributed by atoms with Crippen molar-refractivity contribution < 1.29 is 17.2 Å². The maximum absolute atomic E-state index is 13.1. The Bertz CT molecular complexity index is 746. The molecule has 2 rings (SSSR count). The van der Waals surface area contributed by atoms with Crippen LogP contribution in [0.2, 0.25) is 5.02 Å². The smallest absolute Gasteiger partial charge is 0.265 e. The Kier molecular flexibility index (Phi) is 3.82. The SMILES string of the molecule is Nc1cccc(Cl)c1S(=O)(=O)Nc1ccc(F)c(F)c1. The molecule has 0 spiro atoms. The van der Waals surface area contributed by atoms with Gasteiger partial charge < -0.3 is 5.73 Å². The Balaban J connectivity index is 2.43.